The van der Waals surface area contributed by atoms with Crippen LogP contribution < -0.4 is 13.8 Å². The highest BCUT2D eigenvalue weighted by molar-refractivity contribution is 7.92. The Hall–Kier alpha value is -3.52. The molecule has 0 bridgehead atoms. The number of sulfonamides is 1. The summed E-state index contributed by atoms with van der Waals surface area (Å²) in [7, 11) is 0.777. The van der Waals surface area contributed by atoms with E-state index >= 15 is 0 Å². The number of hydrogen-bond acceptors (Lipinski definition) is 5. The van der Waals surface area contributed by atoms with E-state index < -0.39 is 10.0 Å². The molecule has 8 heteroatoms. The smallest absolute Gasteiger partial charge is 0.264 e. The predicted molar refractivity (Wildman–Crippen MR) is 128 cm³/mol. The van der Waals surface area contributed by atoms with E-state index in [-0.39, 0.29) is 17.3 Å². The number of ether oxygens (including phenoxy) is 2. The second-order valence-corrected chi connectivity index (χ2v) is 9.44. The van der Waals surface area contributed by atoms with Gasteiger partial charge in [0.25, 0.3) is 10.0 Å². The van der Waals surface area contributed by atoms with Crippen molar-refractivity contribution in [1.82, 2.24) is 4.90 Å². The summed E-state index contributed by atoms with van der Waals surface area (Å²) in [5.74, 6) is 0.989. The number of carbonyl (C=O) groups excluding carboxylic acids is 1. The van der Waals surface area contributed by atoms with Crippen LogP contribution in [0.1, 0.15) is 11.1 Å². The lowest BCUT2D eigenvalue weighted by atomic mass is 10.2. The second kappa shape index (κ2) is 10.4. The number of rotatable bonds is 9. The lowest BCUT2D eigenvalue weighted by molar-refractivity contribution is -0.128. The fraction of sp³-hybridized carbons (Fsp3) is 0.240. The number of amides is 1. The molecule has 0 aliphatic carbocycles. The Labute approximate surface area is 195 Å². The summed E-state index contributed by atoms with van der Waals surface area (Å²) in [5, 5.41) is 0. The molecular formula is C25H28N2O5S. The van der Waals surface area contributed by atoms with E-state index in [2.05, 4.69) is 0 Å². The molecule has 1 amide bonds. The van der Waals surface area contributed by atoms with Gasteiger partial charge < -0.3 is 14.4 Å². The number of likely N-dealkylation sites (N-methyl/N-ethyl adjacent to an activating group) is 1. The van der Waals surface area contributed by atoms with Gasteiger partial charge in [0.2, 0.25) is 5.91 Å². The zero-order valence-corrected chi connectivity index (χ0v) is 20.0. The largest absolute Gasteiger partial charge is 0.497 e. The van der Waals surface area contributed by atoms with Crippen molar-refractivity contribution < 1.29 is 22.7 Å². The van der Waals surface area contributed by atoms with Crippen LogP contribution in [0.3, 0.4) is 0 Å². The minimum Gasteiger partial charge on any atom is -0.497 e. The van der Waals surface area contributed by atoms with Crippen LogP contribution in [0.2, 0.25) is 0 Å². The summed E-state index contributed by atoms with van der Waals surface area (Å²) in [6.07, 6.45) is 0. The van der Waals surface area contributed by atoms with E-state index in [0.717, 1.165) is 15.6 Å². The summed E-state index contributed by atoms with van der Waals surface area (Å²) >= 11 is 0. The molecule has 0 saturated carbocycles. The molecule has 3 aromatic carbocycles. The van der Waals surface area contributed by atoms with Crippen LogP contribution in [0.4, 0.5) is 5.69 Å². The van der Waals surface area contributed by atoms with Gasteiger partial charge >= 0.3 is 0 Å². The zero-order valence-electron chi connectivity index (χ0n) is 19.2. The highest BCUT2D eigenvalue weighted by Gasteiger charge is 2.28. The third-order valence-electron chi connectivity index (χ3n) is 5.28. The molecule has 3 rings (SSSR count). The molecule has 0 aliphatic heterocycles. The first kappa shape index (κ1) is 24.1. The van der Waals surface area contributed by atoms with Crippen LogP contribution in [0.5, 0.6) is 11.5 Å². The standard InChI is InChI=1S/C25H28N2O5S/c1-19-16-23(14-15-24(19)32-4)33(29,30)27(21-8-6-5-7-9-21)18-25(28)26(2)17-20-10-12-22(31-3)13-11-20/h5-16H,17-18H2,1-4H3. The Balaban J connectivity index is 1.87. The van der Waals surface area contributed by atoms with Crippen molar-refractivity contribution in [3.8, 4) is 11.5 Å². The summed E-state index contributed by atoms with van der Waals surface area (Å²) < 4.78 is 38.7. The fourth-order valence-electron chi connectivity index (χ4n) is 3.38. The Morgan fingerprint density at radius 1 is 0.909 bits per heavy atom. The van der Waals surface area contributed by atoms with Gasteiger partial charge in [-0.2, -0.15) is 0 Å². The Kier molecular flexibility index (Phi) is 7.60. The average molecular weight is 469 g/mol. The third-order valence-corrected chi connectivity index (χ3v) is 7.05. The van der Waals surface area contributed by atoms with Gasteiger partial charge in [0.05, 0.1) is 24.8 Å². The van der Waals surface area contributed by atoms with Gasteiger partial charge in [-0.1, -0.05) is 30.3 Å². The van der Waals surface area contributed by atoms with Crippen molar-refractivity contribution in [2.75, 3.05) is 32.1 Å². The number of aryl methyl sites for hydroxylation is 1. The molecule has 0 fully saturated rings. The van der Waals surface area contributed by atoms with Gasteiger partial charge in [0, 0.05) is 13.6 Å². The number of hydrogen-bond donors (Lipinski definition) is 0. The number of para-hydroxylation sites is 1. The molecule has 174 valence electrons. The molecule has 0 radical (unpaired) electrons. The predicted octanol–water partition coefficient (Wildman–Crippen LogP) is 3.87. The monoisotopic (exact) mass is 468 g/mol. The third kappa shape index (κ3) is 5.64. The maximum atomic E-state index is 13.6. The molecule has 0 unspecified atom stereocenters. The van der Waals surface area contributed by atoms with E-state index in [1.54, 1.807) is 63.5 Å². The lowest BCUT2D eigenvalue weighted by Gasteiger charge is -2.27. The van der Waals surface area contributed by atoms with Crippen LogP contribution in [-0.2, 0) is 21.4 Å². The molecule has 0 aromatic heterocycles. The summed E-state index contributed by atoms with van der Waals surface area (Å²) in [4.78, 5) is 14.7. The van der Waals surface area contributed by atoms with Crippen molar-refractivity contribution >= 4 is 21.6 Å². The number of nitrogens with zero attached hydrogens (tertiary/aromatic N) is 2. The van der Waals surface area contributed by atoms with Crippen LogP contribution in [-0.4, -0.2) is 47.0 Å². The Bertz CT molecular complexity index is 1200. The van der Waals surface area contributed by atoms with Crippen LogP contribution in [0, 0.1) is 6.92 Å². The molecule has 0 N–H and O–H groups in total. The van der Waals surface area contributed by atoms with E-state index in [1.807, 2.05) is 24.3 Å². The summed E-state index contributed by atoms with van der Waals surface area (Å²) in [5.41, 5.74) is 2.01. The molecule has 0 aliphatic rings. The van der Waals surface area contributed by atoms with Crippen LogP contribution in [0.25, 0.3) is 0 Å². The minimum absolute atomic E-state index is 0.0928. The zero-order chi connectivity index (χ0) is 24.0. The first-order valence-corrected chi connectivity index (χ1v) is 11.8. The van der Waals surface area contributed by atoms with E-state index in [4.69, 9.17) is 9.47 Å². The number of anilines is 1. The van der Waals surface area contributed by atoms with Gasteiger partial charge in [-0.15, -0.1) is 0 Å². The van der Waals surface area contributed by atoms with Crippen LogP contribution >= 0.6 is 0 Å². The lowest BCUT2D eigenvalue weighted by Crippen LogP contribution is -2.41. The highest BCUT2D eigenvalue weighted by atomic mass is 32.2. The van der Waals surface area contributed by atoms with Crippen molar-refractivity contribution in [2.24, 2.45) is 0 Å². The quantitative estimate of drug-likeness (QED) is 0.477. The first-order valence-electron chi connectivity index (χ1n) is 10.4. The molecular weight excluding hydrogens is 440 g/mol. The number of benzene rings is 3. The van der Waals surface area contributed by atoms with E-state index in [0.29, 0.717) is 23.5 Å². The van der Waals surface area contributed by atoms with Gasteiger partial charge in [0.1, 0.15) is 18.0 Å². The molecule has 0 saturated heterocycles. The molecule has 3 aromatic rings. The normalized spacial score (nSPS) is 11.0. The SMILES string of the molecule is COc1ccc(CN(C)C(=O)CN(c2ccccc2)S(=O)(=O)c2ccc(OC)c(C)c2)cc1. The van der Waals surface area contributed by atoms with Gasteiger partial charge in [-0.05, 0) is 60.5 Å². The van der Waals surface area contributed by atoms with Gasteiger partial charge in [-0.25, -0.2) is 8.42 Å². The highest BCUT2D eigenvalue weighted by Crippen LogP contribution is 2.27. The maximum absolute atomic E-state index is 13.6. The Morgan fingerprint density at radius 2 is 1.58 bits per heavy atom. The minimum atomic E-state index is -4.00. The van der Waals surface area contributed by atoms with Crippen molar-refractivity contribution in [3.63, 3.8) is 0 Å². The first-order chi connectivity index (χ1) is 15.8. The fourth-order valence-corrected chi connectivity index (χ4v) is 4.88. The molecule has 33 heavy (non-hydrogen) atoms. The summed E-state index contributed by atoms with van der Waals surface area (Å²) in [6, 6.07) is 20.6. The average Bonchev–Trinajstić information content (AvgIpc) is 2.83. The topological polar surface area (TPSA) is 76.2 Å². The number of carbonyl (C=O) groups is 1. The van der Waals surface area contributed by atoms with E-state index in [9.17, 15) is 13.2 Å². The van der Waals surface area contributed by atoms with Crippen molar-refractivity contribution in [2.45, 2.75) is 18.4 Å². The molecule has 7 nitrogen and oxygen atoms in total. The maximum Gasteiger partial charge on any atom is 0.264 e. The van der Waals surface area contributed by atoms with Crippen molar-refractivity contribution in [1.29, 1.82) is 0 Å². The number of methoxy groups -OCH3 is 2. The van der Waals surface area contributed by atoms with Crippen LogP contribution in [0.15, 0.2) is 77.7 Å². The van der Waals surface area contributed by atoms with Gasteiger partial charge in [0.15, 0.2) is 0 Å². The molecule has 0 atom stereocenters. The van der Waals surface area contributed by atoms with Gasteiger partial charge in [-0.3, -0.25) is 9.10 Å². The summed E-state index contributed by atoms with van der Waals surface area (Å²) in [6.45, 7) is 1.79. The molecule has 0 heterocycles. The van der Waals surface area contributed by atoms with E-state index in [1.165, 1.54) is 18.1 Å². The second-order valence-electron chi connectivity index (χ2n) is 7.58. The Morgan fingerprint density at radius 3 is 2.15 bits per heavy atom. The molecule has 0 spiro atoms. The van der Waals surface area contributed by atoms with Crippen molar-refractivity contribution in [3.05, 3.63) is 83.9 Å².